The molecule has 0 fully saturated rings. The summed E-state index contributed by atoms with van der Waals surface area (Å²) < 4.78 is 1.00. The van der Waals surface area contributed by atoms with Crippen molar-refractivity contribution < 1.29 is 9.63 Å². The number of para-hydroxylation sites is 1. The zero-order valence-electron chi connectivity index (χ0n) is 8.51. The van der Waals surface area contributed by atoms with Crippen molar-refractivity contribution in [3.05, 3.63) is 40.9 Å². The molecule has 0 aliphatic carbocycles. The molecule has 1 aromatic carbocycles. The highest BCUT2D eigenvalue weighted by Crippen LogP contribution is 2.03. The van der Waals surface area contributed by atoms with E-state index in [0.29, 0.717) is 10.9 Å². The molecular formula is C10H9N3O3. The summed E-state index contributed by atoms with van der Waals surface area (Å²) in [4.78, 5) is 30.9. The number of nitrogens with one attached hydrogen (secondary N) is 1. The monoisotopic (exact) mass is 219 g/mol. The molecular weight excluding hydrogens is 210 g/mol. The van der Waals surface area contributed by atoms with E-state index < -0.39 is 5.97 Å². The Morgan fingerprint density at radius 3 is 2.94 bits per heavy atom. The van der Waals surface area contributed by atoms with Crippen LogP contribution in [0.25, 0.3) is 10.9 Å². The minimum Gasteiger partial charge on any atom is -0.328 e. The van der Waals surface area contributed by atoms with Gasteiger partial charge in [0.2, 0.25) is 0 Å². The fourth-order valence-electron chi connectivity index (χ4n) is 1.25. The minimum absolute atomic E-state index is 0.327. The highest BCUT2D eigenvalue weighted by molar-refractivity contribution is 5.76. The quantitative estimate of drug-likeness (QED) is 0.741. The van der Waals surface area contributed by atoms with Gasteiger partial charge in [-0.3, -0.25) is 4.79 Å². The molecule has 6 nitrogen and oxygen atoms in total. The summed E-state index contributed by atoms with van der Waals surface area (Å²) in [5, 5.41) is 0.449. The first-order valence-electron chi connectivity index (χ1n) is 4.58. The lowest BCUT2D eigenvalue weighted by atomic mass is 10.2. The average Bonchev–Trinajstić information content (AvgIpc) is 2.28. The van der Waals surface area contributed by atoms with Crippen molar-refractivity contribution in [3.63, 3.8) is 0 Å². The smallest absolute Gasteiger partial charge is 0.328 e. The molecule has 0 amide bonds. The number of hydrogen-bond donors (Lipinski definition) is 1. The third-order valence-corrected chi connectivity index (χ3v) is 1.95. The molecule has 6 heteroatoms. The summed E-state index contributed by atoms with van der Waals surface area (Å²) in [6.45, 7) is 1.23. The van der Waals surface area contributed by atoms with Gasteiger partial charge in [-0.1, -0.05) is 12.1 Å². The molecule has 0 saturated carbocycles. The SMILES string of the molecule is CC(=O)ONn1cnc2ccccc2c1=O. The van der Waals surface area contributed by atoms with Crippen LogP contribution in [0.3, 0.4) is 0 Å². The number of hydrogen-bond acceptors (Lipinski definition) is 5. The molecule has 0 bridgehead atoms. The van der Waals surface area contributed by atoms with E-state index in [-0.39, 0.29) is 5.56 Å². The van der Waals surface area contributed by atoms with E-state index in [1.807, 2.05) is 0 Å². The number of benzene rings is 1. The van der Waals surface area contributed by atoms with Crippen LogP contribution in [0.5, 0.6) is 0 Å². The highest BCUT2D eigenvalue weighted by Gasteiger charge is 2.03. The molecule has 1 heterocycles. The molecule has 0 unspecified atom stereocenters. The van der Waals surface area contributed by atoms with E-state index >= 15 is 0 Å². The Hall–Kier alpha value is -2.37. The molecule has 0 spiro atoms. The van der Waals surface area contributed by atoms with E-state index in [9.17, 15) is 9.59 Å². The Morgan fingerprint density at radius 2 is 2.19 bits per heavy atom. The van der Waals surface area contributed by atoms with Crippen molar-refractivity contribution in [2.75, 3.05) is 5.59 Å². The second-order valence-corrected chi connectivity index (χ2v) is 3.12. The predicted molar refractivity (Wildman–Crippen MR) is 57.1 cm³/mol. The maximum Gasteiger partial charge on any atom is 0.331 e. The van der Waals surface area contributed by atoms with E-state index in [4.69, 9.17) is 0 Å². The zero-order valence-corrected chi connectivity index (χ0v) is 8.51. The van der Waals surface area contributed by atoms with Crippen LogP contribution < -0.4 is 11.1 Å². The molecule has 2 aromatic rings. The van der Waals surface area contributed by atoms with Gasteiger partial charge in [0.1, 0.15) is 6.33 Å². The van der Waals surface area contributed by atoms with Crippen molar-refractivity contribution in [2.45, 2.75) is 6.92 Å². The lowest BCUT2D eigenvalue weighted by Gasteiger charge is -2.07. The van der Waals surface area contributed by atoms with Gasteiger partial charge in [0.05, 0.1) is 10.9 Å². The van der Waals surface area contributed by atoms with E-state index in [1.165, 1.54) is 13.3 Å². The van der Waals surface area contributed by atoms with Gasteiger partial charge in [-0.05, 0) is 12.1 Å². The molecule has 82 valence electrons. The molecule has 1 N–H and O–H groups in total. The topological polar surface area (TPSA) is 73.2 Å². The highest BCUT2D eigenvalue weighted by atomic mass is 16.7. The van der Waals surface area contributed by atoms with E-state index in [1.54, 1.807) is 24.3 Å². The van der Waals surface area contributed by atoms with Crippen molar-refractivity contribution in [1.82, 2.24) is 9.66 Å². The first kappa shape index (κ1) is 10.2. The summed E-state index contributed by atoms with van der Waals surface area (Å²) in [5.41, 5.74) is 2.46. The third-order valence-electron chi connectivity index (χ3n) is 1.95. The van der Waals surface area contributed by atoms with Gasteiger partial charge in [0.25, 0.3) is 5.56 Å². The second kappa shape index (κ2) is 4.01. The summed E-state index contributed by atoms with van der Waals surface area (Å²) in [5.74, 6) is -0.542. The van der Waals surface area contributed by atoms with E-state index in [0.717, 1.165) is 4.68 Å². The summed E-state index contributed by atoms with van der Waals surface area (Å²) in [6.07, 6.45) is 1.26. The standard InChI is InChI=1S/C10H9N3O3/c1-7(14)16-12-13-6-11-9-5-3-2-4-8(9)10(13)15/h2-6,12H,1H3. The molecule has 0 saturated heterocycles. The van der Waals surface area contributed by atoms with Crippen LogP contribution in [0.4, 0.5) is 0 Å². The van der Waals surface area contributed by atoms with Crippen LogP contribution in [0, 0.1) is 0 Å². The van der Waals surface area contributed by atoms with E-state index in [2.05, 4.69) is 15.4 Å². The Bertz CT molecular complexity index is 591. The minimum atomic E-state index is -0.542. The average molecular weight is 219 g/mol. The molecule has 1 aromatic heterocycles. The molecule has 16 heavy (non-hydrogen) atoms. The summed E-state index contributed by atoms with van der Waals surface area (Å²) >= 11 is 0. The van der Waals surface area contributed by atoms with Crippen molar-refractivity contribution >= 4 is 16.9 Å². The van der Waals surface area contributed by atoms with Gasteiger partial charge in [-0.2, -0.15) is 4.68 Å². The van der Waals surface area contributed by atoms with Gasteiger partial charge in [0.15, 0.2) is 0 Å². The number of aromatic nitrogens is 2. The van der Waals surface area contributed by atoms with Crippen LogP contribution in [0.1, 0.15) is 6.92 Å². The van der Waals surface area contributed by atoms with Gasteiger partial charge in [0, 0.05) is 6.92 Å². The zero-order chi connectivity index (χ0) is 11.5. The maximum absolute atomic E-state index is 11.8. The number of fused-ring (bicyclic) bond motifs is 1. The van der Waals surface area contributed by atoms with Crippen molar-refractivity contribution in [2.24, 2.45) is 0 Å². The lowest BCUT2D eigenvalue weighted by molar-refractivity contribution is -0.139. The Labute approximate surface area is 90.4 Å². The number of rotatable bonds is 2. The van der Waals surface area contributed by atoms with Crippen LogP contribution >= 0.6 is 0 Å². The van der Waals surface area contributed by atoms with Crippen molar-refractivity contribution in [3.8, 4) is 0 Å². The molecule has 0 atom stereocenters. The predicted octanol–water partition coefficient (Wildman–Crippen LogP) is 0.418. The normalized spacial score (nSPS) is 10.1. The Balaban J connectivity index is 2.45. The Morgan fingerprint density at radius 1 is 1.44 bits per heavy atom. The van der Waals surface area contributed by atoms with Gasteiger partial charge < -0.3 is 4.84 Å². The van der Waals surface area contributed by atoms with Gasteiger partial charge >= 0.3 is 5.97 Å². The third kappa shape index (κ3) is 1.85. The van der Waals surface area contributed by atoms with Gasteiger partial charge in [-0.25, -0.2) is 9.78 Å². The summed E-state index contributed by atoms with van der Waals surface area (Å²) in [6, 6.07) is 6.91. The largest absolute Gasteiger partial charge is 0.331 e. The van der Waals surface area contributed by atoms with Crippen molar-refractivity contribution in [1.29, 1.82) is 0 Å². The molecule has 2 rings (SSSR count). The fraction of sp³-hybridized carbons (Fsp3) is 0.100. The maximum atomic E-state index is 11.8. The van der Waals surface area contributed by atoms with Crippen LogP contribution in [0.2, 0.25) is 0 Å². The number of nitrogens with zero attached hydrogens (tertiary/aromatic N) is 2. The summed E-state index contributed by atoms with van der Waals surface area (Å²) in [7, 11) is 0. The number of carbonyl (C=O) groups is 1. The van der Waals surface area contributed by atoms with Gasteiger partial charge in [-0.15, -0.1) is 5.59 Å². The van der Waals surface area contributed by atoms with Crippen LogP contribution in [-0.4, -0.2) is 15.6 Å². The van der Waals surface area contributed by atoms with Crippen LogP contribution in [-0.2, 0) is 9.63 Å². The lowest BCUT2D eigenvalue weighted by Crippen LogP contribution is -2.30. The Kier molecular flexibility index (Phi) is 2.55. The molecule has 0 aliphatic heterocycles. The first-order valence-corrected chi connectivity index (χ1v) is 4.58. The first-order chi connectivity index (χ1) is 7.68. The van der Waals surface area contributed by atoms with Crippen LogP contribution in [0.15, 0.2) is 35.4 Å². The second-order valence-electron chi connectivity index (χ2n) is 3.12. The number of carbonyl (C=O) groups excluding carboxylic acids is 1. The fourth-order valence-corrected chi connectivity index (χ4v) is 1.25. The molecule has 0 aliphatic rings. The molecule has 0 radical (unpaired) electrons.